The molecule has 31 heavy (non-hydrogen) atoms. The van der Waals surface area contributed by atoms with Crippen LogP contribution in [0.3, 0.4) is 0 Å². The molecule has 0 aliphatic carbocycles. The van der Waals surface area contributed by atoms with Gasteiger partial charge in [-0.05, 0) is 24.6 Å². The number of pyridine rings is 1. The van der Waals surface area contributed by atoms with Crippen LogP contribution in [0, 0.1) is 6.92 Å². The number of hydrogen-bond acceptors (Lipinski definition) is 7. The number of benzene rings is 2. The number of carbonyl (C=O) groups excluding carboxylic acids is 1. The molecule has 0 spiro atoms. The Morgan fingerprint density at radius 3 is 2.35 bits per heavy atom. The largest absolute Gasteiger partial charge is 0.488 e. The highest BCUT2D eigenvalue weighted by Crippen LogP contribution is 2.31. The molecule has 0 radical (unpaired) electrons. The Balaban J connectivity index is 1.57. The van der Waals surface area contributed by atoms with Crippen LogP contribution in [0.25, 0.3) is 10.9 Å². The minimum Gasteiger partial charge on any atom is -0.488 e. The smallest absolute Gasteiger partial charge is 0.341 e. The van der Waals surface area contributed by atoms with Crippen molar-refractivity contribution in [3.05, 3.63) is 89.4 Å². The van der Waals surface area contributed by atoms with Crippen molar-refractivity contribution in [1.82, 2.24) is 15.0 Å². The molecule has 4 aromatic rings. The van der Waals surface area contributed by atoms with Crippen LogP contribution in [0.15, 0.2) is 67.0 Å². The molecule has 156 valence electrons. The van der Waals surface area contributed by atoms with E-state index in [1.165, 1.54) is 19.5 Å². The summed E-state index contributed by atoms with van der Waals surface area (Å²) in [6.45, 7) is 2.57. The third kappa shape index (κ3) is 4.61. The van der Waals surface area contributed by atoms with Gasteiger partial charge in [0.05, 0.1) is 23.9 Å². The van der Waals surface area contributed by atoms with Gasteiger partial charge in [0, 0.05) is 23.3 Å². The van der Waals surface area contributed by atoms with Crippen LogP contribution >= 0.6 is 0 Å². The Labute approximate surface area is 179 Å². The van der Waals surface area contributed by atoms with Crippen molar-refractivity contribution in [2.45, 2.75) is 20.1 Å². The lowest BCUT2D eigenvalue weighted by Gasteiger charge is -2.16. The van der Waals surface area contributed by atoms with E-state index in [0.29, 0.717) is 6.61 Å². The minimum absolute atomic E-state index is 0.147. The topological polar surface area (TPSA) is 83.4 Å². The number of ether oxygens (including phenoxy) is 3. The fourth-order valence-electron chi connectivity index (χ4n) is 3.13. The highest BCUT2D eigenvalue weighted by atomic mass is 16.5. The number of aromatic nitrogens is 3. The zero-order valence-corrected chi connectivity index (χ0v) is 17.2. The fraction of sp³-hybridized carbons (Fsp3) is 0.167. The van der Waals surface area contributed by atoms with E-state index in [9.17, 15) is 4.79 Å². The summed E-state index contributed by atoms with van der Waals surface area (Å²) in [7, 11) is 1.30. The minimum atomic E-state index is -0.501. The molecule has 2 aromatic heterocycles. The number of nitrogens with zero attached hydrogens (tertiary/aromatic N) is 3. The molecule has 0 aliphatic rings. The lowest BCUT2D eigenvalue weighted by atomic mass is 10.1. The average molecular weight is 415 g/mol. The lowest BCUT2D eigenvalue weighted by Crippen LogP contribution is -2.08. The van der Waals surface area contributed by atoms with Gasteiger partial charge in [0.25, 0.3) is 0 Å². The molecule has 0 atom stereocenters. The van der Waals surface area contributed by atoms with Gasteiger partial charge in [0.15, 0.2) is 0 Å². The van der Waals surface area contributed by atoms with Crippen molar-refractivity contribution in [3.63, 3.8) is 0 Å². The van der Waals surface area contributed by atoms with E-state index in [-0.39, 0.29) is 18.2 Å². The maximum atomic E-state index is 11.5. The molecule has 0 saturated carbocycles. The van der Waals surface area contributed by atoms with E-state index >= 15 is 0 Å². The third-order valence-corrected chi connectivity index (χ3v) is 4.79. The number of fused-ring (bicyclic) bond motifs is 1. The molecule has 0 aliphatic heterocycles. The molecule has 0 saturated heterocycles. The van der Waals surface area contributed by atoms with Crippen LogP contribution in [0.5, 0.6) is 11.8 Å². The highest BCUT2D eigenvalue weighted by Gasteiger charge is 2.15. The second-order valence-electron chi connectivity index (χ2n) is 6.84. The van der Waals surface area contributed by atoms with Gasteiger partial charge in [-0.15, -0.1) is 0 Å². The summed E-state index contributed by atoms with van der Waals surface area (Å²) in [5.74, 6) is 0.272. The first-order valence-corrected chi connectivity index (χ1v) is 9.74. The molecule has 0 bridgehead atoms. The molecule has 0 amide bonds. The van der Waals surface area contributed by atoms with E-state index in [1.54, 1.807) is 0 Å². The number of methoxy groups -OCH3 is 1. The van der Waals surface area contributed by atoms with Crippen LogP contribution in [0.4, 0.5) is 0 Å². The summed E-state index contributed by atoms with van der Waals surface area (Å²) in [6, 6.07) is 18.0. The molecule has 0 unspecified atom stereocenters. The SMILES string of the molecule is COC(=O)c1cnc(OCc2nc3ccccc3c(OCc3ccccc3)c2C)nc1. The van der Waals surface area contributed by atoms with Crippen LogP contribution in [-0.4, -0.2) is 28.0 Å². The Kier molecular flexibility index (Phi) is 6.03. The summed E-state index contributed by atoms with van der Waals surface area (Å²) in [5, 5.41) is 0.943. The maximum Gasteiger partial charge on any atom is 0.341 e. The van der Waals surface area contributed by atoms with Crippen LogP contribution in [-0.2, 0) is 18.0 Å². The molecule has 7 heteroatoms. The van der Waals surface area contributed by atoms with Crippen molar-refractivity contribution >= 4 is 16.9 Å². The van der Waals surface area contributed by atoms with Crippen LogP contribution in [0.1, 0.15) is 27.2 Å². The van der Waals surface area contributed by atoms with Gasteiger partial charge in [-0.3, -0.25) is 0 Å². The predicted octanol–water partition coefficient (Wildman–Crippen LogP) is 4.28. The molecular formula is C24H21N3O4. The molecular weight excluding hydrogens is 394 g/mol. The number of rotatable bonds is 7. The number of carbonyl (C=O) groups is 1. The average Bonchev–Trinajstić information content (AvgIpc) is 2.82. The van der Waals surface area contributed by atoms with Gasteiger partial charge in [0.1, 0.15) is 19.0 Å². The number of esters is 1. The normalized spacial score (nSPS) is 10.6. The standard InChI is InChI=1S/C24H21N3O4/c1-16-21(15-31-24-25-12-18(13-26-24)23(28)29-2)27-20-11-7-6-10-19(20)22(16)30-14-17-8-4-3-5-9-17/h3-13H,14-15H2,1-2H3. The first kappa shape index (κ1) is 20.3. The van der Waals surface area contributed by atoms with Crippen LogP contribution < -0.4 is 9.47 Å². The fourth-order valence-corrected chi connectivity index (χ4v) is 3.13. The Hall–Kier alpha value is -4.00. The molecule has 2 aromatic carbocycles. The monoisotopic (exact) mass is 415 g/mol. The second kappa shape index (κ2) is 9.21. The molecule has 0 N–H and O–H groups in total. The van der Waals surface area contributed by atoms with Crippen LogP contribution in [0.2, 0.25) is 0 Å². The summed E-state index contributed by atoms with van der Waals surface area (Å²) in [5.41, 5.74) is 3.77. The molecule has 7 nitrogen and oxygen atoms in total. The zero-order chi connectivity index (χ0) is 21.6. The molecule has 0 fully saturated rings. The zero-order valence-electron chi connectivity index (χ0n) is 17.2. The Morgan fingerprint density at radius 2 is 1.61 bits per heavy atom. The van der Waals surface area contributed by atoms with Crippen molar-refractivity contribution in [2.75, 3.05) is 7.11 Å². The predicted molar refractivity (Wildman–Crippen MR) is 115 cm³/mol. The van der Waals surface area contributed by atoms with E-state index in [2.05, 4.69) is 14.7 Å². The third-order valence-electron chi connectivity index (χ3n) is 4.79. The summed E-state index contributed by atoms with van der Waals surface area (Å²) in [6.07, 6.45) is 2.73. The van der Waals surface area contributed by atoms with Crippen molar-refractivity contribution in [2.24, 2.45) is 0 Å². The van der Waals surface area contributed by atoms with Crippen molar-refractivity contribution in [1.29, 1.82) is 0 Å². The van der Waals surface area contributed by atoms with Crippen molar-refractivity contribution < 1.29 is 19.0 Å². The van der Waals surface area contributed by atoms with Gasteiger partial charge in [-0.1, -0.05) is 42.5 Å². The molecule has 4 rings (SSSR count). The second-order valence-corrected chi connectivity index (χ2v) is 6.84. The first-order chi connectivity index (χ1) is 15.2. The quantitative estimate of drug-likeness (QED) is 0.417. The van der Waals surface area contributed by atoms with E-state index in [1.807, 2.05) is 61.5 Å². The highest BCUT2D eigenvalue weighted by molar-refractivity contribution is 5.88. The Bertz CT molecular complexity index is 1190. The van der Waals surface area contributed by atoms with Gasteiger partial charge in [-0.25, -0.2) is 19.7 Å². The van der Waals surface area contributed by atoms with Crippen molar-refractivity contribution in [3.8, 4) is 11.8 Å². The summed E-state index contributed by atoms with van der Waals surface area (Å²) >= 11 is 0. The summed E-state index contributed by atoms with van der Waals surface area (Å²) in [4.78, 5) is 24.4. The van der Waals surface area contributed by atoms with E-state index in [0.717, 1.165) is 33.5 Å². The van der Waals surface area contributed by atoms with E-state index in [4.69, 9.17) is 14.5 Å². The van der Waals surface area contributed by atoms with Gasteiger partial charge >= 0.3 is 12.0 Å². The number of para-hydroxylation sites is 1. The van der Waals surface area contributed by atoms with Gasteiger partial charge < -0.3 is 14.2 Å². The number of hydrogen-bond donors (Lipinski definition) is 0. The summed E-state index contributed by atoms with van der Waals surface area (Å²) < 4.78 is 16.6. The van der Waals surface area contributed by atoms with Gasteiger partial charge in [0.2, 0.25) is 0 Å². The van der Waals surface area contributed by atoms with Gasteiger partial charge in [-0.2, -0.15) is 0 Å². The Morgan fingerprint density at radius 1 is 0.903 bits per heavy atom. The lowest BCUT2D eigenvalue weighted by molar-refractivity contribution is 0.0599. The van der Waals surface area contributed by atoms with E-state index < -0.39 is 5.97 Å². The first-order valence-electron chi connectivity index (χ1n) is 9.74. The molecule has 2 heterocycles. The maximum absolute atomic E-state index is 11.5.